The molecule has 0 saturated heterocycles. The van der Waals surface area contributed by atoms with E-state index in [1.165, 1.54) is 21.3 Å². The maximum atomic E-state index is 10.9. The summed E-state index contributed by atoms with van der Waals surface area (Å²) < 4.78 is 15.5. The normalized spacial score (nSPS) is 19.1. The monoisotopic (exact) mass is 316 g/mol. The fourth-order valence-corrected chi connectivity index (χ4v) is 2.45. The van der Waals surface area contributed by atoms with Crippen LogP contribution in [0.3, 0.4) is 0 Å². The minimum absolute atomic E-state index is 0.00922. The molecule has 2 heterocycles. The Bertz CT molecular complexity index is 737. The third-order valence-electron chi connectivity index (χ3n) is 3.78. The molecule has 1 aliphatic carbocycles. The molecule has 1 unspecified atom stereocenters. The number of hydrogen-bond donors (Lipinski definition) is 0. The van der Waals surface area contributed by atoms with Gasteiger partial charge in [0.25, 0.3) is 0 Å². The molecule has 23 heavy (non-hydrogen) atoms. The Morgan fingerprint density at radius 2 is 1.91 bits per heavy atom. The smallest absolute Gasteiger partial charge is 0.319 e. The summed E-state index contributed by atoms with van der Waals surface area (Å²) in [7, 11) is 4.52. The molecule has 0 spiro atoms. The second kappa shape index (κ2) is 6.15. The molecule has 2 aromatic heterocycles. The van der Waals surface area contributed by atoms with Gasteiger partial charge in [0.2, 0.25) is 11.8 Å². The summed E-state index contributed by atoms with van der Waals surface area (Å²) >= 11 is 0. The van der Waals surface area contributed by atoms with E-state index in [0.29, 0.717) is 23.0 Å². The van der Waals surface area contributed by atoms with Crippen molar-refractivity contribution >= 4 is 6.29 Å². The van der Waals surface area contributed by atoms with Crippen molar-refractivity contribution in [3.63, 3.8) is 0 Å². The van der Waals surface area contributed by atoms with Gasteiger partial charge in [0.15, 0.2) is 0 Å². The lowest BCUT2D eigenvalue weighted by molar-refractivity contribution is -0.108. The number of methoxy groups -OCH3 is 3. The number of carbonyl (C=O) groups is 1. The molecule has 0 aliphatic heterocycles. The number of ether oxygens (including phenoxy) is 3. The van der Waals surface area contributed by atoms with Crippen LogP contribution in [0.5, 0.6) is 17.8 Å². The molecule has 0 bridgehead atoms. The zero-order valence-electron chi connectivity index (χ0n) is 13.0. The van der Waals surface area contributed by atoms with E-state index in [4.69, 9.17) is 14.2 Å². The van der Waals surface area contributed by atoms with E-state index in [9.17, 15) is 4.79 Å². The Kier molecular flexibility index (Phi) is 4.05. The van der Waals surface area contributed by atoms with Gasteiger partial charge in [-0.15, -0.1) is 10.2 Å². The number of aldehydes is 1. The lowest BCUT2D eigenvalue weighted by Gasteiger charge is -2.10. The Morgan fingerprint density at radius 3 is 2.52 bits per heavy atom. The highest BCUT2D eigenvalue weighted by Gasteiger charge is 2.40. The second-order valence-electron chi connectivity index (χ2n) is 5.12. The molecule has 8 heteroatoms. The zero-order valence-corrected chi connectivity index (χ0v) is 13.0. The average molecular weight is 316 g/mol. The lowest BCUT2D eigenvalue weighted by atomic mass is 10.1. The second-order valence-corrected chi connectivity index (χ2v) is 5.12. The van der Waals surface area contributed by atoms with Crippen LogP contribution in [0.25, 0.3) is 11.3 Å². The first-order chi connectivity index (χ1) is 11.2. The largest absolute Gasteiger partial charge is 0.480 e. The van der Waals surface area contributed by atoms with Crippen LogP contribution in [0.15, 0.2) is 12.3 Å². The van der Waals surface area contributed by atoms with Crippen LogP contribution in [0.1, 0.15) is 17.9 Å². The van der Waals surface area contributed by atoms with Crippen molar-refractivity contribution in [2.24, 2.45) is 5.92 Å². The van der Waals surface area contributed by atoms with E-state index in [0.717, 1.165) is 18.3 Å². The van der Waals surface area contributed by atoms with Crippen molar-refractivity contribution in [3.05, 3.63) is 17.8 Å². The SMILES string of the molecule is COc1ncc(-c2cc(C3C[C@@H]3C=O)c(OC)nn2)c(OC)n1. The summed E-state index contributed by atoms with van der Waals surface area (Å²) in [6, 6.07) is 2.05. The molecular weight excluding hydrogens is 300 g/mol. The average Bonchev–Trinajstić information content (AvgIpc) is 3.40. The van der Waals surface area contributed by atoms with Crippen LogP contribution in [0.4, 0.5) is 0 Å². The van der Waals surface area contributed by atoms with Gasteiger partial charge in [0, 0.05) is 17.7 Å². The van der Waals surface area contributed by atoms with Gasteiger partial charge in [-0.05, 0) is 18.4 Å². The van der Waals surface area contributed by atoms with E-state index in [1.807, 2.05) is 6.07 Å². The van der Waals surface area contributed by atoms with E-state index >= 15 is 0 Å². The molecule has 0 amide bonds. The van der Waals surface area contributed by atoms with Gasteiger partial charge in [0.05, 0.1) is 26.9 Å². The maximum Gasteiger partial charge on any atom is 0.319 e. The maximum absolute atomic E-state index is 10.9. The minimum Gasteiger partial charge on any atom is -0.480 e. The van der Waals surface area contributed by atoms with Crippen molar-refractivity contribution in [3.8, 4) is 29.0 Å². The van der Waals surface area contributed by atoms with Crippen LogP contribution in [-0.2, 0) is 4.79 Å². The molecule has 8 nitrogen and oxygen atoms in total. The molecule has 0 N–H and O–H groups in total. The number of hydrogen-bond acceptors (Lipinski definition) is 8. The first-order valence-electron chi connectivity index (χ1n) is 7.04. The number of carbonyl (C=O) groups excluding carboxylic acids is 1. The molecule has 1 fully saturated rings. The first-order valence-corrected chi connectivity index (χ1v) is 7.04. The zero-order chi connectivity index (χ0) is 16.4. The van der Waals surface area contributed by atoms with Crippen molar-refractivity contribution in [2.75, 3.05) is 21.3 Å². The van der Waals surface area contributed by atoms with Gasteiger partial charge in [-0.2, -0.15) is 4.98 Å². The summed E-state index contributed by atoms with van der Waals surface area (Å²) in [6.45, 7) is 0. The lowest BCUT2D eigenvalue weighted by Crippen LogP contribution is -2.02. The Hall–Kier alpha value is -2.77. The van der Waals surface area contributed by atoms with Crippen LogP contribution in [-0.4, -0.2) is 47.8 Å². The van der Waals surface area contributed by atoms with Gasteiger partial charge in [-0.3, -0.25) is 0 Å². The summed E-state index contributed by atoms with van der Waals surface area (Å²) in [5, 5.41) is 8.23. The topological polar surface area (TPSA) is 96.3 Å². The predicted octanol–water partition coefficient (Wildman–Crippen LogP) is 1.26. The molecular formula is C15H16N4O4. The molecule has 1 saturated carbocycles. The van der Waals surface area contributed by atoms with Crippen LogP contribution in [0, 0.1) is 5.92 Å². The van der Waals surface area contributed by atoms with Gasteiger partial charge < -0.3 is 19.0 Å². The standard InChI is InChI=1S/C15H16N4O4/c1-21-13-11(6-16-15(17-13)23-3)12-5-10(9-4-8(9)7-20)14(22-2)19-18-12/h5-9H,4H2,1-3H3/t8-,9?/m1/s1. The first kappa shape index (κ1) is 15.1. The summed E-state index contributed by atoms with van der Waals surface area (Å²) in [6.07, 6.45) is 3.32. The Balaban J connectivity index is 2.04. The van der Waals surface area contributed by atoms with Crippen LogP contribution >= 0.6 is 0 Å². The van der Waals surface area contributed by atoms with E-state index in [2.05, 4.69) is 20.2 Å². The summed E-state index contributed by atoms with van der Waals surface area (Å²) in [4.78, 5) is 19.2. The number of nitrogens with zero attached hydrogens (tertiary/aromatic N) is 4. The predicted molar refractivity (Wildman–Crippen MR) is 79.6 cm³/mol. The van der Waals surface area contributed by atoms with E-state index in [-0.39, 0.29) is 17.8 Å². The van der Waals surface area contributed by atoms with Crippen molar-refractivity contribution in [2.45, 2.75) is 12.3 Å². The van der Waals surface area contributed by atoms with Gasteiger partial charge in [-0.1, -0.05) is 0 Å². The number of rotatable bonds is 6. The van der Waals surface area contributed by atoms with Gasteiger partial charge in [0.1, 0.15) is 12.0 Å². The Labute approximate surface area is 132 Å². The molecule has 2 atom stereocenters. The Morgan fingerprint density at radius 1 is 1.13 bits per heavy atom. The summed E-state index contributed by atoms with van der Waals surface area (Å²) in [5.41, 5.74) is 2.00. The van der Waals surface area contributed by atoms with Crippen LogP contribution in [0.2, 0.25) is 0 Å². The molecule has 3 rings (SSSR count). The van der Waals surface area contributed by atoms with Gasteiger partial charge in [-0.25, -0.2) is 4.98 Å². The van der Waals surface area contributed by atoms with E-state index in [1.54, 1.807) is 6.20 Å². The number of aromatic nitrogens is 4. The molecule has 0 radical (unpaired) electrons. The highest BCUT2D eigenvalue weighted by atomic mass is 16.5. The molecule has 120 valence electrons. The van der Waals surface area contributed by atoms with Crippen LogP contribution < -0.4 is 14.2 Å². The third kappa shape index (κ3) is 2.79. The van der Waals surface area contributed by atoms with Crippen molar-refractivity contribution in [1.82, 2.24) is 20.2 Å². The third-order valence-corrected chi connectivity index (χ3v) is 3.78. The van der Waals surface area contributed by atoms with Crippen molar-refractivity contribution < 1.29 is 19.0 Å². The molecule has 1 aliphatic rings. The minimum atomic E-state index is 0.00922. The quantitative estimate of drug-likeness (QED) is 0.735. The highest BCUT2D eigenvalue weighted by molar-refractivity contribution is 5.67. The molecule has 2 aromatic rings. The van der Waals surface area contributed by atoms with Gasteiger partial charge >= 0.3 is 6.01 Å². The summed E-state index contributed by atoms with van der Waals surface area (Å²) in [5.74, 6) is 0.887. The highest BCUT2D eigenvalue weighted by Crippen LogP contribution is 2.49. The van der Waals surface area contributed by atoms with Crippen molar-refractivity contribution in [1.29, 1.82) is 0 Å². The fraction of sp³-hybridized carbons (Fsp3) is 0.400. The van der Waals surface area contributed by atoms with E-state index < -0.39 is 0 Å². The fourth-order valence-electron chi connectivity index (χ4n) is 2.45. The molecule has 0 aromatic carbocycles.